The summed E-state index contributed by atoms with van der Waals surface area (Å²) < 4.78 is 15.3. The van der Waals surface area contributed by atoms with E-state index in [0.717, 1.165) is 102 Å². The van der Waals surface area contributed by atoms with Gasteiger partial charge in [-0.3, -0.25) is 4.52 Å². The molecule has 0 saturated heterocycles. The Kier molecular flexibility index (Phi) is 35.1. The zero-order valence-electron chi connectivity index (χ0n) is 41.6. The average molecular weight is 861 g/mol. The van der Waals surface area contributed by atoms with Crippen molar-refractivity contribution in [1.29, 1.82) is 0 Å². The number of hydrogen-bond acceptors (Lipinski definition) is 2. The molecule has 5 heteroatoms. The van der Waals surface area contributed by atoms with Gasteiger partial charge in [0.1, 0.15) is 0 Å². The van der Waals surface area contributed by atoms with Crippen LogP contribution in [0.5, 0.6) is 0 Å². The van der Waals surface area contributed by atoms with Crippen LogP contribution in [0.4, 0.5) is 0 Å². The van der Waals surface area contributed by atoms with Gasteiger partial charge in [0.05, 0.1) is 6.61 Å². The fourth-order valence-electron chi connectivity index (χ4n) is 6.99. The van der Waals surface area contributed by atoms with Gasteiger partial charge < -0.3 is 9.79 Å². The van der Waals surface area contributed by atoms with Crippen molar-refractivity contribution in [1.82, 2.24) is 0 Å². The van der Waals surface area contributed by atoms with Gasteiger partial charge in [-0.15, -0.1) is 0 Å². The molecule has 0 fully saturated rings. The second kappa shape index (κ2) is 36.7. The highest BCUT2D eigenvalue weighted by atomic mass is 31.2. The summed E-state index contributed by atoms with van der Waals surface area (Å²) in [5.41, 5.74) is 16.0. The molecule has 0 aromatic heterocycles. The molecule has 0 bridgehead atoms. The van der Waals surface area contributed by atoms with E-state index in [-0.39, 0.29) is 6.61 Å². The van der Waals surface area contributed by atoms with Crippen LogP contribution in [0.25, 0.3) is 0 Å². The minimum atomic E-state index is -4.40. The zero-order chi connectivity index (χ0) is 45.9. The lowest BCUT2D eigenvalue weighted by atomic mass is 10.0. The van der Waals surface area contributed by atoms with Gasteiger partial charge in [-0.05, 0) is 218 Å². The van der Waals surface area contributed by atoms with Crippen molar-refractivity contribution in [3.63, 3.8) is 0 Å². The second-order valence-electron chi connectivity index (χ2n) is 18.3. The maximum Gasteiger partial charge on any atom is 0.469 e. The molecule has 0 radical (unpaired) electrons. The molecule has 0 saturated carbocycles. The van der Waals surface area contributed by atoms with Crippen LogP contribution in [0.15, 0.2) is 128 Å². The summed E-state index contributed by atoms with van der Waals surface area (Å²) >= 11 is 0. The molecule has 0 aliphatic heterocycles. The third kappa shape index (κ3) is 41.0. The van der Waals surface area contributed by atoms with Crippen molar-refractivity contribution in [3.8, 4) is 0 Å². The fraction of sp³-hybridized carbons (Fsp3) is 0.607. The van der Waals surface area contributed by atoms with Crippen LogP contribution in [0.2, 0.25) is 0 Å². The maximum atomic E-state index is 10.8. The normalized spacial score (nSPS) is 15.0. The first kappa shape index (κ1) is 58.2. The van der Waals surface area contributed by atoms with E-state index in [2.05, 4.69) is 141 Å². The predicted molar refractivity (Wildman–Crippen MR) is 272 cm³/mol. The highest BCUT2D eigenvalue weighted by Gasteiger charge is 2.11. The van der Waals surface area contributed by atoms with Crippen molar-refractivity contribution < 1.29 is 18.9 Å². The summed E-state index contributed by atoms with van der Waals surface area (Å²) in [5, 5.41) is 0. The molecule has 0 rings (SSSR count). The molecule has 4 nitrogen and oxygen atoms in total. The fourth-order valence-corrected chi connectivity index (χ4v) is 7.25. The number of phosphoric acid groups is 1. The number of hydrogen-bond donors (Lipinski definition) is 2. The summed E-state index contributed by atoms with van der Waals surface area (Å²) in [7, 11) is -4.40. The molecule has 61 heavy (non-hydrogen) atoms. The largest absolute Gasteiger partial charge is 0.469 e. The molecule has 0 atom stereocenters. The van der Waals surface area contributed by atoms with Crippen molar-refractivity contribution in [3.05, 3.63) is 128 Å². The van der Waals surface area contributed by atoms with E-state index in [1.54, 1.807) is 6.08 Å². The Labute approximate surface area is 377 Å². The molecule has 2 N–H and O–H groups in total. The van der Waals surface area contributed by atoms with E-state index in [1.165, 1.54) is 94.3 Å². The van der Waals surface area contributed by atoms with Crippen LogP contribution in [-0.2, 0) is 9.09 Å². The first-order valence-corrected chi connectivity index (χ1v) is 25.3. The highest BCUT2D eigenvalue weighted by molar-refractivity contribution is 7.46. The van der Waals surface area contributed by atoms with Crippen molar-refractivity contribution in [2.24, 2.45) is 0 Å². The first-order chi connectivity index (χ1) is 28.9. The molecular weight excluding hydrogens is 768 g/mol. The minimum absolute atomic E-state index is 0.0541. The third-order valence-corrected chi connectivity index (χ3v) is 11.8. The predicted octanol–water partition coefficient (Wildman–Crippen LogP) is 18.7. The van der Waals surface area contributed by atoms with Crippen LogP contribution in [0.3, 0.4) is 0 Å². The summed E-state index contributed by atoms with van der Waals surface area (Å²) in [6, 6.07) is 0. The molecule has 0 amide bonds. The van der Waals surface area contributed by atoms with Gasteiger partial charge in [0.15, 0.2) is 0 Å². The number of unbranched alkanes of at least 4 members (excludes halogenated alkanes) is 1. The molecule has 346 valence electrons. The number of phosphoric ester groups is 1. The zero-order valence-corrected chi connectivity index (χ0v) is 42.5. The molecule has 0 aliphatic rings. The van der Waals surface area contributed by atoms with Crippen LogP contribution in [-0.4, -0.2) is 16.4 Å². The molecule has 0 aromatic carbocycles. The second-order valence-corrected chi connectivity index (χ2v) is 19.6. The Morgan fingerprint density at radius 3 is 0.787 bits per heavy atom. The molecule has 0 aromatic rings. The van der Waals surface area contributed by atoms with E-state index in [0.29, 0.717) is 0 Å². The standard InChI is InChI=1S/C56H93O4P/c1-46(2)24-15-27-49(5)30-18-33-52(8)36-20-38-54(10)40-21-39-53(9)37-19-34-50(6)31-16-28-47(3)25-13-14-26-48(4)29-17-32-51(7)35-22-41-55(11)42-23-43-56(12)44-45-60-61(57,58)59/h24-25,29-31,35-37,40,42,44H,13-23,26-28,32-34,38-39,41,43,45H2,1-12H3,(H2,57,58,59)/b47-25+,48-29-,49-30+,50-31-,51-35-,52-36+,53-37-,54-40+,55-42-,56-44-. The number of allylic oxidation sites excluding steroid dienone is 21. The van der Waals surface area contributed by atoms with E-state index in [9.17, 15) is 4.57 Å². The molecule has 0 unspecified atom stereocenters. The highest BCUT2D eigenvalue weighted by Crippen LogP contribution is 2.35. The monoisotopic (exact) mass is 861 g/mol. The van der Waals surface area contributed by atoms with Gasteiger partial charge in [0.25, 0.3) is 0 Å². The van der Waals surface area contributed by atoms with Gasteiger partial charge in [0, 0.05) is 0 Å². The Morgan fingerprint density at radius 1 is 0.328 bits per heavy atom. The maximum absolute atomic E-state index is 10.8. The van der Waals surface area contributed by atoms with Crippen LogP contribution >= 0.6 is 7.82 Å². The SMILES string of the molecule is CC(C)=CCC/C(C)=C/CC/C(C)=C/CC/C(C)=C/CC/C(C)=C\CC/C(C)=C\CC/C(C)=C/CCC/C(C)=C\CC/C(C)=C\CC/C(C)=C\CC/C(C)=C\COP(=O)(O)O. The first-order valence-electron chi connectivity index (χ1n) is 23.8. The molecule has 0 spiro atoms. The van der Waals surface area contributed by atoms with Crippen molar-refractivity contribution in [2.75, 3.05) is 6.61 Å². The third-order valence-electron chi connectivity index (χ3n) is 11.3. The lowest BCUT2D eigenvalue weighted by molar-refractivity contribution is 0.215. The van der Waals surface area contributed by atoms with Crippen molar-refractivity contribution in [2.45, 2.75) is 218 Å². The minimum Gasteiger partial charge on any atom is -0.303 e. The smallest absolute Gasteiger partial charge is 0.303 e. The van der Waals surface area contributed by atoms with Gasteiger partial charge in [-0.1, -0.05) is 128 Å². The van der Waals surface area contributed by atoms with E-state index < -0.39 is 7.82 Å². The topological polar surface area (TPSA) is 66.8 Å². The van der Waals surface area contributed by atoms with Crippen molar-refractivity contribution >= 4 is 7.82 Å². The van der Waals surface area contributed by atoms with E-state index >= 15 is 0 Å². The van der Waals surface area contributed by atoms with Gasteiger partial charge in [0.2, 0.25) is 0 Å². The summed E-state index contributed by atoms with van der Waals surface area (Å²) in [6.07, 6.45) is 49.5. The van der Waals surface area contributed by atoms with Gasteiger partial charge in [-0.25, -0.2) is 4.57 Å². The molecule has 0 heterocycles. The molecule has 0 aliphatic carbocycles. The van der Waals surface area contributed by atoms with Gasteiger partial charge in [-0.2, -0.15) is 0 Å². The summed E-state index contributed by atoms with van der Waals surface area (Å²) in [6.45, 7) is 26.7. The van der Waals surface area contributed by atoms with E-state index in [1.807, 2.05) is 6.92 Å². The number of rotatable bonds is 34. The Hall–Kier alpha value is -2.75. The summed E-state index contributed by atoms with van der Waals surface area (Å²) in [4.78, 5) is 17.6. The lowest BCUT2D eigenvalue weighted by Gasteiger charge is -2.05. The Bertz CT molecular complexity index is 1620. The Balaban J connectivity index is 4.24. The van der Waals surface area contributed by atoms with E-state index in [4.69, 9.17) is 9.79 Å². The molecular formula is C56H93O4P. The summed E-state index contributed by atoms with van der Waals surface area (Å²) in [5.74, 6) is 0. The van der Waals surface area contributed by atoms with Crippen LogP contribution < -0.4 is 0 Å². The average Bonchev–Trinajstić information content (AvgIpc) is 3.16. The van der Waals surface area contributed by atoms with Crippen LogP contribution in [0.1, 0.15) is 218 Å². The quantitative estimate of drug-likeness (QED) is 0.0384. The lowest BCUT2D eigenvalue weighted by Crippen LogP contribution is -1.89. The van der Waals surface area contributed by atoms with Crippen LogP contribution in [0, 0.1) is 0 Å². The Morgan fingerprint density at radius 2 is 0.541 bits per heavy atom. The van der Waals surface area contributed by atoms with Gasteiger partial charge >= 0.3 is 7.82 Å².